The molecule has 0 fully saturated rings. The second-order valence-electron chi connectivity index (χ2n) is 7.26. The van der Waals surface area contributed by atoms with E-state index < -0.39 is 0 Å². The Labute approximate surface area is 178 Å². The monoisotopic (exact) mass is 388 g/mol. The molecule has 146 valence electrons. The Morgan fingerprint density at radius 2 is 0.833 bits per heavy atom. The fraction of sp³-hybridized carbons (Fsp3) is 0.0714. The Balaban J connectivity index is 1.72. The molecule has 4 aromatic carbocycles. The van der Waals surface area contributed by atoms with Crippen LogP contribution in [0.4, 0.5) is 11.4 Å². The zero-order valence-corrected chi connectivity index (χ0v) is 17.3. The molecule has 0 aliphatic heterocycles. The summed E-state index contributed by atoms with van der Waals surface area (Å²) in [5.41, 5.74) is 8.67. The lowest BCUT2D eigenvalue weighted by Crippen LogP contribution is -1.87. The Morgan fingerprint density at radius 1 is 0.467 bits per heavy atom. The van der Waals surface area contributed by atoms with Gasteiger partial charge >= 0.3 is 0 Å². The number of aryl methyl sites for hydroxylation is 2. The molecule has 0 bridgehead atoms. The third-order valence-corrected chi connectivity index (χ3v) is 5.16. The average molecular weight is 389 g/mol. The van der Waals surface area contributed by atoms with Gasteiger partial charge in [0.05, 0.1) is 11.4 Å². The maximum Gasteiger partial charge on any atom is 0.0709 e. The van der Waals surface area contributed by atoms with Crippen molar-refractivity contribution in [2.75, 3.05) is 0 Å². The van der Waals surface area contributed by atoms with Gasteiger partial charge in [-0.2, -0.15) is 0 Å². The van der Waals surface area contributed by atoms with Crippen molar-refractivity contribution in [1.82, 2.24) is 0 Å². The van der Waals surface area contributed by atoms with E-state index in [2.05, 4.69) is 50.2 Å². The molecule has 0 atom stereocenters. The normalized spacial score (nSPS) is 11.4. The van der Waals surface area contributed by atoms with Crippen LogP contribution in [0.3, 0.4) is 0 Å². The fourth-order valence-electron chi connectivity index (χ4n) is 3.37. The summed E-state index contributed by atoms with van der Waals surface area (Å²) < 4.78 is 0. The highest BCUT2D eigenvalue weighted by atomic mass is 14.7. The van der Waals surface area contributed by atoms with E-state index in [-0.39, 0.29) is 0 Å². The van der Waals surface area contributed by atoms with Crippen molar-refractivity contribution in [3.8, 4) is 11.1 Å². The van der Waals surface area contributed by atoms with Crippen LogP contribution in [-0.2, 0) is 0 Å². The first-order valence-corrected chi connectivity index (χ1v) is 10.1. The van der Waals surface area contributed by atoms with Crippen LogP contribution in [0.2, 0.25) is 0 Å². The van der Waals surface area contributed by atoms with Crippen LogP contribution in [-0.4, -0.2) is 12.4 Å². The number of rotatable bonds is 5. The van der Waals surface area contributed by atoms with Crippen LogP contribution in [0.15, 0.2) is 107 Å². The predicted molar refractivity (Wildman–Crippen MR) is 129 cm³/mol. The smallest absolute Gasteiger partial charge is 0.0709 e. The summed E-state index contributed by atoms with van der Waals surface area (Å²) in [6, 6.07) is 33.0. The van der Waals surface area contributed by atoms with Gasteiger partial charge in [-0.05, 0) is 48.2 Å². The quantitative estimate of drug-likeness (QED) is 0.317. The van der Waals surface area contributed by atoms with Crippen molar-refractivity contribution >= 4 is 23.8 Å². The number of hydrogen-bond donors (Lipinski definition) is 0. The van der Waals surface area contributed by atoms with E-state index in [1.54, 1.807) is 0 Å². The molecule has 2 nitrogen and oxygen atoms in total. The predicted octanol–water partition coefficient (Wildman–Crippen LogP) is 7.47. The highest BCUT2D eigenvalue weighted by molar-refractivity contribution is 5.91. The molecule has 0 saturated heterocycles. The van der Waals surface area contributed by atoms with Crippen molar-refractivity contribution < 1.29 is 0 Å². The SMILES string of the molecule is Cc1ccccc1C=Nc1ccccc1-c1ccccc1N=Cc1ccccc1C. The van der Waals surface area contributed by atoms with E-state index in [4.69, 9.17) is 9.98 Å². The van der Waals surface area contributed by atoms with E-state index in [9.17, 15) is 0 Å². The molecule has 0 spiro atoms. The van der Waals surface area contributed by atoms with E-state index in [0.717, 1.165) is 33.6 Å². The first kappa shape index (κ1) is 19.5. The van der Waals surface area contributed by atoms with Gasteiger partial charge in [-0.25, -0.2) is 0 Å². The highest BCUT2D eigenvalue weighted by Crippen LogP contribution is 2.36. The molecule has 4 aromatic rings. The van der Waals surface area contributed by atoms with E-state index in [1.807, 2.05) is 73.1 Å². The van der Waals surface area contributed by atoms with Crippen molar-refractivity contribution in [2.24, 2.45) is 9.98 Å². The molecular formula is C28H24N2. The third-order valence-electron chi connectivity index (χ3n) is 5.16. The summed E-state index contributed by atoms with van der Waals surface area (Å²) in [5.74, 6) is 0. The molecule has 4 rings (SSSR count). The van der Waals surface area contributed by atoms with Crippen molar-refractivity contribution in [3.63, 3.8) is 0 Å². The largest absolute Gasteiger partial charge is 0.256 e. The average Bonchev–Trinajstić information content (AvgIpc) is 2.78. The molecule has 0 saturated carbocycles. The second kappa shape index (κ2) is 9.15. The Morgan fingerprint density at radius 3 is 1.27 bits per heavy atom. The standard InChI is InChI=1S/C28H24N2/c1-21-11-3-5-13-23(21)19-29-27-17-9-7-15-25(27)26-16-8-10-18-28(26)30-20-24-14-6-4-12-22(24)2/h3-20H,1-2H3. The first-order valence-electron chi connectivity index (χ1n) is 10.1. The van der Waals surface area contributed by atoms with Crippen LogP contribution >= 0.6 is 0 Å². The number of benzene rings is 4. The molecule has 0 aromatic heterocycles. The lowest BCUT2D eigenvalue weighted by Gasteiger charge is -2.09. The molecule has 0 N–H and O–H groups in total. The number of para-hydroxylation sites is 2. The first-order chi connectivity index (χ1) is 14.7. The van der Waals surface area contributed by atoms with Crippen LogP contribution in [0.5, 0.6) is 0 Å². The lowest BCUT2D eigenvalue weighted by atomic mass is 10.0. The molecule has 0 aliphatic rings. The Bertz CT molecular complexity index is 1120. The van der Waals surface area contributed by atoms with Gasteiger partial charge in [-0.15, -0.1) is 0 Å². The summed E-state index contributed by atoms with van der Waals surface area (Å²) in [5, 5.41) is 0. The second-order valence-corrected chi connectivity index (χ2v) is 7.26. The molecule has 0 aliphatic carbocycles. The number of aliphatic imine (C=N–C) groups is 2. The minimum absolute atomic E-state index is 0.930. The van der Waals surface area contributed by atoms with E-state index >= 15 is 0 Å². The molecule has 0 radical (unpaired) electrons. The lowest BCUT2D eigenvalue weighted by molar-refractivity contribution is 1.43. The third kappa shape index (κ3) is 4.44. The van der Waals surface area contributed by atoms with Gasteiger partial charge in [0.1, 0.15) is 0 Å². The Kier molecular flexibility index (Phi) is 5.95. The van der Waals surface area contributed by atoms with Crippen LogP contribution in [0.25, 0.3) is 11.1 Å². The van der Waals surface area contributed by atoms with Crippen LogP contribution in [0, 0.1) is 13.8 Å². The summed E-state index contributed by atoms with van der Waals surface area (Å²) in [4.78, 5) is 9.62. The maximum atomic E-state index is 4.81. The fourth-order valence-corrected chi connectivity index (χ4v) is 3.37. The van der Waals surface area contributed by atoms with Gasteiger partial charge in [0.25, 0.3) is 0 Å². The van der Waals surface area contributed by atoms with Crippen molar-refractivity contribution in [1.29, 1.82) is 0 Å². The molecule has 0 unspecified atom stereocenters. The summed E-state index contributed by atoms with van der Waals surface area (Å²) in [6.07, 6.45) is 3.88. The van der Waals surface area contributed by atoms with Gasteiger partial charge in [0.15, 0.2) is 0 Å². The molecule has 0 heterocycles. The molecule has 30 heavy (non-hydrogen) atoms. The van der Waals surface area contributed by atoms with E-state index in [0.29, 0.717) is 0 Å². The van der Waals surface area contributed by atoms with Crippen molar-refractivity contribution in [2.45, 2.75) is 13.8 Å². The van der Waals surface area contributed by atoms with Crippen molar-refractivity contribution in [3.05, 3.63) is 119 Å². The van der Waals surface area contributed by atoms with Gasteiger partial charge in [0, 0.05) is 23.6 Å². The molecule has 2 heteroatoms. The topological polar surface area (TPSA) is 24.7 Å². The number of hydrogen-bond acceptors (Lipinski definition) is 2. The minimum atomic E-state index is 0.930. The Hall–Kier alpha value is -3.78. The zero-order valence-electron chi connectivity index (χ0n) is 17.3. The van der Waals surface area contributed by atoms with Gasteiger partial charge in [-0.3, -0.25) is 9.98 Å². The molecular weight excluding hydrogens is 364 g/mol. The minimum Gasteiger partial charge on any atom is -0.256 e. The maximum absolute atomic E-state index is 4.81. The van der Waals surface area contributed by atoms with Crippen LogP contribution in [0.1, 0.15) is 22.3 Å². The summed E-state index contributed by atoms with van der Waals surface area (Å²) in [6.45, 7) is 4.20. The zero-order chi connectivity index (χ0) is 20.8. The van der Waals surface area contributed by atoms with E-state index in [1.165, 1.54) is 11.1 Å². The number of nitrogens with zero attached hydrogens (tertiary/aromatic N) is 2. The van der Waals surface area contributed by atoms with Gasteiger partial charge < -0.3 is 0 Å². The summed E-state index contributed by atoms with van der Waals surface area (Å²) >= 11 is 0. The van der Waals surface area contributed by atoms with Crippen LogP contribution < -0.4 is 0 Å². The van der Waals surface area contributed by atoms with Gasteiger partial charge in [0.2, 0.25) is 0 Å². The molecule has 0 amide bonds. The van der Waals surface area contributed by atoms with Gasteiger partial charge in [-0.1, -0.05) is 84.9 Å². The highest BCUT2D eigenvalue weighted by Gasteiger charge is 2.08. The summed E-state index contributed by atoms with van der Waals surface area (Å²) in [7, 11) is 0.